The van der Waals surface area contributed by atoms with E-state index in [2.05, 4.69) is 0 Å². The SMILES string of the molecule is CCCC(=O)Oc1cc(C)c(Cl)c(C)c1. The van der Waals surface area contributed by atoms with Gasteiger partial charge in [0.2, 0.25) is 0 Å². The van der Waals surface area contributed by atoms with Gasteiger partial charge in [0.05, 0.1) is 0 Å². The quantitative estimate of drug-likeness (QED) is 0.581. The van der Waals surface area contributed by atoms with E-state index >= 15 is 0 Å². The van der Waals surface area contributed by atoms with Crippen LogP contribution in [0.3, 0.4) is 0 Å². The molecule has 0 N–H and O–H groups in total. The largest absolute Gasteiger partial charge is 0.427 e. The molecular weight excluding hydrogens is 212 g/mol. The van der Waals surface area contributed by atoms with Gasteiger partial charge in [0.15, 0.2) is 0 Å². The Hall–Kier alpha value is -1.02. The molecular formula is C12H15ClO2. The van der Waals surface area contributed by atoms with E-state index in [-0.39, 0.29) is 5.97 Å². The van der Waals surface area contributed by atoms with E-state index in [4.69, 9.17) is 16.3 Å². The summed E-state index contributed by atoms with van der Waals surface area (Å²) in [5, 5.41) is 0.727. The van der Waals surface area contributed by atoms with Gasteiger partial charge in [0, 0.05) is 11.4 Å². The highest BCUT2D eigenvalue weighted by Crippen LogP contribution is 2.26. The monoisotopic (exact) mass is 226 g/mol. The summed E-state index contributed by atoms with van der Waals surface area (Å²) in [6.45, 7) is 5.73. The zero-order chi connectivity index (χ0) is 11.4. The minimum Gasteiger partial charge on any atom is -0.427 e. The minimum atomic E-state index is -0.196. The second kappa shape index (κ2) is 5.17. The normalized spacial score (nSPS) is 10.1. The molecule has 0 aliphatic carbocycles. The number of rotatable bonds is 3. The molecule has 0 fully saturated rings. The number of aryl methyl sites for hydroxylation is 2. The summed E-state index contributed by atoms with van der Waals surface area (Å²) in [5.41, 5.74) is 1.85. The van der Waals surface area contributed by atoms with Gasteiger partial charge >= 0.3 is 5.97 Å². The van der Waals surface area contributed by atoms with Crippen molar-refractivity contribution in [3.05, 3.63) is 28.3 Å². The molecule has 1 aromatic rings. The molecule has 82 valence electrons. The Morgan fingerprint density at radius 1 is 1.33 bits per heavy atom. The van der Waals surface area contributed by atoms with Crippen molar-refractivity contribution in [3.63, 3.8) is 0 Å². The highest BCUT2D eigenvalue weighted by atomic mass is 35.5. The molecule has 0 unspecified atom stereocenters. The number of halogens is 1. The molecule has 15 heavy (non-hydrogen) atoms. The topological polar surface area (TPSA) is 26.3 Å². The van der Waals surface area contributed by atoms with Gasteiger partial charge in [0.1, 0.15) is 5.75 Å². The van der Waals surface area contributed by atoms with Crippen LogP contribution < -0.4 is 4.74 Å². The van der Waals surface area contributed by atoms with Gasteiger partial charge in [-0.1, -0.05) is 18.5 Å². The molecule has 0 heterocycles. The van der Waals surface area contributed by atoms with E-state index < -0.39 is 0 Å². The van der Waals surface area contributed by atoms with Crippen LogP contribution in [0.15, 0.2) is 12.1 Å². The smallest absolute Gasteiger partial charge is 0.311 e. The van der Waals surface area contributed by atoms with Crippen LogP contribution in [0.4, 0.5) is 0 Å². The Labute approximate surface area is 95.2 Å². The summed E-state index contributed by atoms with van der Waals surface area (Å²) in [6.07, 6.45) is 1.24. The second-order valence-electron chi connectivity index (χ2n) is 3.60. The Kier molecular flexibility index (Phi) is 4.15. The first-order chi connectivity index (χ1) is 7.04. The molecule has 1 aromatic carbocycles. The number of carbonyl (C=O) groups is 1. The van der Waals surface area contributed by atoms with Gasteiger partial charge in [-0.05, 0) is 43.5 Å². The van der Waals surface area contributed by atoms with Crippen LogP contribution in [-0.4, -0.2) is 5.97 Å². The number of ether oxygens (including phenoxy) is 1. The van der Waals surface area contributed by atoms with E-state index in [0.717, 1.165) is 22.6 Å². The number of esters is 1. The fourth-order valence-electron chi connectivity index (χ4n) is 1.35. The summed E-state index contributed by atoms with van der Waals surface area (Å²) in [4.78, 5) is 11.3. The first kappa shape index (κ1) is 12.1. The lowest BCUT2D eigenvalue weighted by Gasteiger charge is -2.07. The molecule has 0 spiro atoms. The van der Waals surface area contributed by atoms with Gasteiger partial charge in [-0.15, -0.1) is 0 Å². The van der Waals surface area contributed by atoms with Gasteiger partial charge in [0.25, 0.3) is 0 Å². The molecule has 2 nitrogen and oxygen atoms in total. The molecule has 0 bridgehead atoms. The van der Waals surface area contributed by atoms with Crippen LogP contribution >= 0.6 is 11.6 Å². The number of hydrogen-bond donors (Lipinski definition) is 0. The van der Waals surface area contributed by atoms with E-state index in [0.29, 0.717) is 12.2 Å². The third-order valence-corrected chi connectivity index (χ3v) is 2.69. The fourth-order valence-corrected chi connectivity index (χ4v) is 1.46. The van der Waals surface area contributed by atoms with Crippen molar-refractivity contribution in [1.82, 2.24) is 0 Å². The van der Waals surface area contributed by atoms with Crippen molar-refractivity contribution >= 4 is 17.6 Å². The molecule has 0 radical (unpaired) electrons. The second-order valence-corrected chi connectivity index (χ2v) is 3.97. The molecule has 0 aliphatic rings. The van der Waals surface area contributed by atoms with Crippen molar-refractivity contribution in [2.24, 2.45) is 0 Å². The first-order valence-electron chi connectivity index (χ1n) is 5.02. The third-order valence-electron chi connectivity index (χ3n) is 2.10. The van der Waals surface area contributed by atoms with Crippen LogP contribution in [0.1, 0.15) is 30.9 Å². The summed E-state index contributed by atoms with van der Waals surface area (Å²) in [5.74, 6) is 0.381. The van der Waals surface area contributed by atoms with Crippen LogP contribution in [0.25, 0.3) is 0 Å². The predicted octanol–water partition coefficient (Wildman–Crippen LogP) is 3.66. The minimum absolute atomic E-state index is 0.196. The summed E-state index contributed by atoms with van der Waals surface area (Å²) in [7, 11) is 0. The molecule has 0 aliphatic heterocycles. The van der Waals surface area contributed by atoms with Gasteiger partial charge in [-0.3, -0.25) is 4.79 Å². The molecule has 1 rings (SSSR count). The van der Waals surface area contributed by atoms with Crippen LogP contribution in [0.2, 0.25) is 5.02 Å². The molecule has 0 saturated carbocycles. The van der Waals surface area contributed by atoms with Crippen molar-refractivity contribution in [2.45, 2.75) is 33.6 Å². The van der Waals surface area contributed by atoms with Crippen LogP contribution in [0, 0.1) is 13.8 Å². The first-order valence-corrected chi connectivity index (χ1v) is 5.39. The Bertz CT molecular complexity index is 349. The highest BCUT2D eigenvalue weighted by molar-refractivity contribution is 6.32. The van der Waals surface area contributed by atoms with E-state index in [1.54, 1.807) is 12.1 Å². The van der Waals surface area contributed by atoms with Crippen LogP contribution in [0.5, 0.6) is 5.75 Å². The number of benzene rings is 1. The number of carbonyl (C=O) groups excluding carboxylic acids is 1. The Morgan fingerprint density at radius 2 is 1.87 bits per heavy atom. The predicted molar refractivity (Wildman–Crippen MR) is 61.5 cm³/mol. The maximum atomic E-state index is 11.3. The van der Waals surface area contributed by atoms with Gasteiger partial charge in [-0.2, -0.15) is 0 Å². The van der Waals surface area contributed by atoms with E-state index in [1.807, 2.05) is 20.8 Å². The zero-order valence-corrected chi connectivity index (χ0v) is 10.0. The molecule has 0 amide bonds. The lowest BCUT2D eigenvalue weighted by atomic mass is 10.1. The molecule has 3 heteroatoms. The highest BCUT2D eigenvalue weighted by Gasteiger charge is 2.07. The Morgan fingerprint density at radius 3 is 2.33 bits per heavy atom. The standard InChI is InChI=1S/C12H15ClO2/c1-4-5-11(14)15-10-6-8(2)12(13)9(3)7-10/h6-7H,4-5H2,1-3H3. The fraction of sp³-hybridized carbons (Fsp3) is 0.417. The van der Waals surface area contributed by atoms with Gasteiger partial charge < -0.3 is 4.74 Å². The molecule has 0 aromatic heterocycles. The summed E-state index contributed by atoms with van der Waals surface area (Å²) in [6, 6.07) is 3.56. The summed E-state index contributed by atoms with van der Waals surface area (Å²) < 4.78 is 5.17. The lowest BCUT2D eigenvalue weighted by Crippen LogP contribution is -2.07. The van der Waals surface area contributed by atoms with E-state index in [9.17, 15) is 4.79 Å². The third kappa shape index (κ3) is 3.24. The average molecular weight is 227 g/mol. The van der Waals surface area contributed by atoms with Crippen LogP contribution in [-0.2, 0) is 4.79 Å². The lowest BCUT2D eigenvalue weighted by molar-refractivity contribution is -0.134. The van der Waals surface area contributed by atoms with Gasteiger partial charge in [-0.25, -0.2) is 0 Å². The summed E-state index contributed by atoms with van der Waals surface area (Å²) >= 11 is 6.01. The Balaban J connectivity index is 2.83. The van der Waals surface area contributed by atoms with E-state index in [1.165, 1.54) is 0 Å². The van der Waals surface area contributed by atoms with Crippen molar-refractivity contribution < 1.29 is 9.53 Å². The zero-order valence-electron chi connectivity index (χ0n) is 9.26. The van der Waals surface area contributed by atoms with Crippen molar-refractivity contribution in [1.29, 1.82) is 0 Å². The number of hydrogen-bond acceptors (Lipinski definition) is 2. The van der Waals surface area contributed by atoms with Crippen molar-refractivity contribution in [2.75, 3.05) is 0 Å². The average Bonchev–Trinajstić information content (AvgIpc) is 2.14. The maximum Gasteiger partial charge on any atom is 0.311 e. The maximum absolute atomic E-state index is 11.3. The van der Waals surface area contributed by atoms with Crippen molar-refractivity contribution in [3.8, 4) is 5.75 Å². The molecule has 0 atom stereocenters. The molecule has 0 saturated heterocycles.